The van der Waals surface area contributed by atoms with Crippen LogP contribution in [0.5, 0.6) is 0 Å². The summed E-state index contributed by atoms with van der Waals surface area (Å²) in [6.45, 7) is 1.64. The van der Waals surface area contributed by atoms with Gasteiger partial charge in [-0.2, -0.15) is 0 Å². The number of thiazole rings is 1. The molecule has 3 aromatic rings. The first-order valence-corrected chi connectivity index (χ1v) is 8.06. The third-order valence-corrected chi connectivity index (χ3v) is 4.35. The average Bonchev–Trinajstić information content (AvgIpc) is 3.07. The summed E-state index contributed by atoms with van der Waals surface area (Å²) < 4.78 is 1.77. The van der Waals surface area contributed by atoms with Gasteiger partial charge in [-0.25, -0.2) is 4.98 Å². The lowest BCUT2D eigenvalue weighted by Gasteiger charge is -2.03. The van der Waals surface area contributed by atoms with Gasteiger partial charge in [-0.1, -0.05) is 17.7 Å². The molecular formula is C15H11ClN4O3S. The van der Waals surface area contributed by atoms with E-state index in [1.54, 1.807) is 35.7 Å². The summed E-state index contributed by atoms with van der Waals surface area (Å²) >= 11 is 7.48. The van der Waals surface area contributed by atoms with Gasteiger partial charge >= 0.3 is 0 Å². The zero-order chi connectivity index (χ0) is 17.3. The zero-order valence-corrected chi connectivity index (χ0v) is 14.0. The number of hydrogen-bond donors (Lipinski definition) is 1. The van der Waals surface area contributed by atoms with E-state index >= 15 is 0 Å². The second kappa shape index (κ2) is 6.42. The van der Waals surface area contributed by atoms with E-state index < -0.39 is 10.8 Å². The fourth-order valence-corrected chi connectivity index (χ4v) is 3.15. The van der Waals surface area contributed by atoms with E-state index in [1.165, 1.54) is 23.5 Å². The van der Waals surface area contributed by atoms with Crippen molar-refractivity contribution in [1.29, 1.82) is 0 Å². The molecule has 0 aliphatic carbocycles. The van der Waals surface area contributed by atoms with Crippen LogP contribution in [0.2, 0.25) is 5.15 Å². The van der Waals surface area contributed by atoms with Crippen molar-refractivity contribution in [1.82, 2.24) is 9.38 Å². The number of fused-ring (bicyclic) bond motifs is 1. The monoisotopic (exact) mass is 362 g/mol. The molecule has 7 nitrogen and oxygen atoms in total. The van der Waals surface area contributed by atoms with Crippen LogP contribution in [-0.4, -0.2) is 20.2 Å². The number of anilines is 1. The number of rotatable bonds is 4. The minimum Gasteiger partial charge on any atom is -0.322 e. The van der Waals surface area contributed by atoms with E-state index in [4.69, 9.17) is 11.6 Å². The number of carbonyl (C=O) groups excluding carboxylic acids is 1. The summed E-state index contributed by atoms with van der Waals surface area (Å²) in [4.78, 5) is 27.4. The molecule has 0 fully saturated rings. The van der Waals surface area contributed by atoms with Crippen LogP contribution < -0.4 is 5.32 Å². The molecule has 0 radical (unpaired) electrons. The molecule has 1 N–H and O–H groups in total. The number of hydrogen-bond acceptors (Lipinski definition) is 5. The summed E-state index contributed by atoms with van der Waals surface area (Å²) in [6, 6.07) is 4.51. The van der Waals surface area contributed by atoms with E-state index in [0.717, 1.165) is 4.96 Å². The second-order valence-corrected chi connectivity index (χ2v) is 6.16. The van der Waals surface area contributed by atoms with Gasteiger partial charge in [0.25, 0.3) is 5.69 Å². The van der Waals surface area contributed by atoms with E-state index in [9.17, 15) is 14.9 Å². The Kier molecular flexibility index (Phi) is 4.32. The predicted octanol–water partition coefficient (Wildman–Crippen LogP) is 3.92. The van der Waals surface area contributed by atoms with Crippen molar-refractivity contribution >= 4 is 51.3 Å². The lowest BCUT2D eigenvalue weighted by molar-refractivity contribution is -0.385. The summed E-state index contributed by atoms with van der Waals surface area (Å²) in [5.74, 6) is -0.422. The number of nitro groups is 1. The van der Waals surface area contributed by atoms with E-state index in [-0.39, 0.29) is 5.69 Å². The standard InChI is InChI=1S/C15H11ClN4O3S/c1-9-2-3-10(8-12(9)20(22)23)17-13(21)5-4-11-14(16)18-15-19(11)6-7-24-15/h2-8H,1H3,(H,17,21)/b5-4+. The molecule has 0 aliphatic heterocycles. The number of aromatic nitrogens is 2. The fourth-order valence-electron chi connectivity index (χ4n) is 2.15. The molecule has 1 amide bonds. The maximum atomic E-state index is 12.0. The van der Waals surface area contributed by atoms with Crippen molar-refractivity contribution in [3.05, 3.63) is 62.4 Å². The van der Waals surface area contributed by atoms with Crippen molar-refractivity contribution in [2.75, 3.05) is 5.32 Å². The van der Waals surface area contributed by atoms with Crippen molar-refractivity contribution in [2.45, 2.75) is 6.92 Å². The summed E-state index contributed by atoms with van der Waals surface area (Å²) in [6.07, 6.45) is 4.66. The van der Waals surface area contributed by atoms with Crippen LogP contribution in [0.4, 0.5) is 11.4 Å². The SMILES string of the molecule is Cc1ccc(NC(=O)/C=C/c2c(Cl)nc3sccn23)cc1[N+](=O)[O-]. The Morgan fingerprint density at radius 2 is 2.29 bits per heavy atom. The molecule has 9 heteroatoms. The van der Waals surface area contributed by atoms with E-state index in [2.05, 4.69) is 10.3 Å². The molecule has 0 aliphatic rings. The first kappa shape index (κ1) is 16.2. The van der Waals surface area contributed by atoms with Gasteiger partial charge in [-0.15, -0.1) is 11.3 Å². The van der Waals surface area contributed by atoms with Crippen LogP contribution >= 0.6 is 22.9 Å². The highest BCUT2D eigenvalue weighted by atomic mass is 35.5. The molecule has 0 spiro atoms. The van der Waals surface area contributed by atoms with Gasteiger partial charge in [-0.3, -0.25) is 19.3 Å². The van der Waals surface area contributed by atoms with Crippen LogP contribution in [0, 0.1) is 17.0 Å². The number of carbonyl (C=O) groups is 1. The normalized spacial score (nSPS) is 11.2. The number of nitro benzene ring substituents is 1. The number of aryl methyl sites for hydroxylation is 1. The van der Waals surface area contributed by atoms with Gasteiger partial charge in [0, 0.05) is 35.0 Å². The predicted molar refractivity (Wildman–Crippen MR) is 93.6 cm³/mol. The van der Waals surface area contributed by atoms with Crippen LogP contribution in [-0.2, 0) is 4.79 Å². The van der Waals surface area contributed by atoms with Crippen molar-refractivity contribution < 1.29 is 9.72 Å². The number of nitrogens with zero attached hydrogens (tertiary/aromatic N) is 3. The smallest absolute Gasteiger partial charge is 0.274 e. The molecule has 122 valence electrons. The van der Waals surface area contributed by atoms with Gasteiger partial charge in [0.1, 0.15) is 0 Å². The highest BCUT2D eigenvalue weighted by molar-refractivity contribution is 7.15. The lowest BCUT2D eigenvalue weighted by atomic mass is 10.2. The Morgan fingerprint density at radius 3 is 3.04 bits per heavy atom. The topological polar surface area (TPSA) is 89.5 Å². The summed E-state index contributed by atoms with van der Waals surface area (Å²) in [5, 5.41) is 15.7. The maximum absolute atomic E-state index is 12.0. The first-order chi connectivity index (χ1) is 11.5. The minimum atomic E-state index is -0.486. The molecule has 3 rings (SSSR count). The van der Waals surface area contributed by atoms with Gasteiger partial charge in [0.2, 0.25) is 5.91 Å². The zero-order valence-electron chi connectivity index (χ0n) is 12.4. The Labute approximate surface area is 145 Å². The number of nitrogens with one attached hydrogen (secondary N) is 1. The molecule has 0 unspecified atom stereocenters. The number of benzene rings is 1. The molecule has 0 saturated carbocycles. The molecule has 0 bridgehead atoms. The van der Waals surface area contributed by atoms with Crippen molar-refractivity contribution in [2.24, 2.45) is 0 Å². The lowest BCUT2D eigenvalue weighted by Crippen LogP contribution is -2.08. The highest BCUT2D eigenvalue weighted by Crippen LogP contribution is 2.23. The maximum Gasteiger partial charge on any atom is 0.274 e. The fraction of sp³-hybridized carbons (Fsp3) is 0.0667. The Morgan fingerprint density at radius 1 is 1.50 bits per heavy atom. The Hall–Kier alpha value is -2.71. The largest absolute Gasteiger partial charge is 0.322 e. The van der Waals surface area contributed by atoms with Crippen LogP contribution in [0.15, 0.2) is 35.9 Å². The minimum absolute atomic E-state index is 0.0457. The van der Waals surface area contributed by atoms with Gasteiger partial charge < -0.3 is 5.32 Å². The van der Waals surface area contributed by atoms with Crippen LogP contribution in [0.3, 0.4) is 0 Å². The molecular weight excluding hydrogens is 352 g/mol. The molecule has 24 heavy (non-hydrogen) atoms. The van der Waals surface area contributed by atoms with E-state index in [0.29, 0.717) is 22.1 Å². The van der Waals surface area contributed by atoms with E-state index in [1.807, 2.05) is 5.38 Å². The number of imidazole rings is 1. The Balaban J connectivity index is 1.78. The Bertz CT molecular complexity index is 976. The van der Waals surface area contributed by atoms with Crippen molar-refractivity contribution in [3.8, 4) is 0 Å². The number of halogens is 1. The molecule has 2 heterocycles. The van der Waals surface area contributed by atoms with Crippen LogP contribution in [0.1, 0.15) is 11.3 Å². The summed E-state index contributed by atoms with van der Waals surface area (Å²) in [5.41, 5.74) is 1.43. The summed E-state index contributed by atoms with van der Waals surface area (Å²) in [7, 11) is 0. The second-order valence-electron chi connectivity index (χ2n) is 4.92. The van der Waals surface area contributed by atoms with Gasteiger partial charge in [-0.05, 0) is 19.1 Å². The molecule has 0 saturated heterocycles. The number of amides is 1. The van der Waals surface area contributed by atoms with Gasteiger partial charge in [0.15, 0.2) is 10.1 Å². The molecule has 0 atom stereocenters. The van der Waals surface area contributed by atoms with Crippen LogP contribution in [0.25, 0.3) is 11.0 Å². The first-order valence-electron chi connectivity index (χ1n) is 6.81. The van der Waals surface area contributed by atoms with Crippen molar-refractivity contribution in [3.63, 3.8) is 0 Å². The quantitative estimate of drug-likeness (QED) is 0.432. The van der Waals surface area contributed by atoms with Gasteiger partial charge in [0.05, 0.1) is 10.6 Å². The molecule has 2 aromatic heterocycles. The highest BCUT2D eigenvalue weighted by Gasteiger charge is 2.12. The third kappa shape index (κ3) is 3.15. The average molecular weight is 363 g/mol. The molecule has 1 aromatic carbocycles. The third-order valence-electron chi connectivity index (χ3n) is 3.32.